The number of allylic oxidation sites excluding steroid dienone is 2. The van der Waals surface area contributed by atoms with E-state index in [0.717, 1.165) is 77.2 Å². The standard InChI is InChI=1S/C38H59NO4/c1-23(40)30(26-11-10-20-39(26)9)32(43)35(5)17-16-34(4)18-19-37(7)24(25(34)22-35)21-27(41)31-36(6)14-13-29(42)33(2,3)28(36)12-15-38(31,37)8/h21,25-26,28-31,42H,10-20,22H2,1-9H3/t25-,26?,28?,29+,30?,31?,34-,35+,36+,37-,38-/m1/s1. The molecule has 11 atom stereocenters. The smallest absolute Gasteiger partial charge is 0.159 e. The van der Waals surface area contributed by atoms with Gasteiger partial charge in [0.25, 0.3) is 0 Å². The minimum Gasteiger partial charge on any atom is -0.393 e. The van der Waals surface area contributed by atoms with Gasteiger partial charge >= 0.3 is 0 Å². The Morgan fingerprint density at radius 3 is 2.23 bits per heavy atom. The minimum absolute atomic E-state index is 0.0103. The normalized spacial score (nSPS) is 50.0. The van der Waals surface area contributed by atoms with Crippen LogP contribution in [0.3, 0.4) is 0 Å². The molecule has 43 heavy (non-hydrogen) atoms. The number of rotatable bonds is 4. The molecule has 1 N–H and O–H groups in total. The molecule has 5 nitrogen and oxygen atoms in total. The molecule has 6 rings (SSSR count). The molecule has 5 heteroatoms. The Balaban J connectivity index is 1.38. The van der Waals surface area contributed by atoms with Crippen LogP contribution in [0.5, 0.6) is 0 Å². The van der Waals surface area contributed by atoms with E-state index in [4.69, 9.17) is 0 Å². The van der Waals surface area contributed by atoms with Crippen molar-refractivity contribution < 1.29 is 19.5 Å². The summed E-state index contributed by atoms with van der Waals surface area (Å²) in [5.74, 6) is 0.369. The fraction of sp³-hybridized carbons (Fsp3) is 0.868. The van der Waals surface area contributed by atoms with Gasteiger partial charge in [-0.2, -0.15) is 0 Å². The number of fused-ring (bicyclic) bond motifs is 7. The fourth-order valence-corrected chi connectivity index (χ4v) is 12.8. The van der Waals surface area contributed by atoms with Gasteiger partial charge in [-0.1, -0.05) is 54.0 Å². The highest BCUT2D eigenvalue weighted by molar-refractivity contribution is 6.04. The lowest BCUT2D eigenvalue weighted by atomic mass is 9.33. The third-order valence-corrected chi connectivity index (χ3v) is 15.8. The summed E-state index contributed by atoms with van der Waals surface area (Å²) in [5.41, 5.74) is 0.259. The molecule has 1 aliphatic heterocycles. The Labute approximate surface area is 261 Å². The van der Waals surface area contributed by atoms with Crippen LogP contribution >= 0.6 is 0 Å². The average Bonchev–Trinajstić information content (AvgIpc) is 3.33. The third kappa shape index (κ3) is 4.18. The Kier molecular flexibility index (Phi) is 7.24. The van der Waals surface area contributed by atoms with Gasteiger partial charge in [-0.3, -0.25) is 14.4 Å². The lowest BCUT2D eigenvalue weighted by molar-refractivity contribution is -0.202. The Hall–Kier alpha value is -1.33. The quantitative estimate of drug-likeness (QED) is 0.349. The molecule has 1 heterocycles. The molecule has 0 aromatic carbocycles. The Bertz CT molecular complexity index is 1250. The van der Waals surface area contributed by atoms with Crippen LogP contribution in [0.4, 0.5) is 0 Å². The fourth-order valence-electron chi connectivity index (χ4n) is 12.8. The van der Waals surface area contributed by atoms with Gasteiger partial charge < -0.3 is 10.0 Å². The maximum atomic E-state index is 14.6. The van der Waals surface area contributed by atoms with Gasteiger partial charge in [0.1, 0.15) is 5.78 Å². The zero-order valence-corrected chi connectivity index (χ0v) is 28.6. The van der Waals surface area contributed by atoms with Crippen LogP contribution in [0.15, 0.2) is 11.6 Å². The lowest BCUT2D eigenvalue weighted by Gasteiger charge is -2.70. The zero-order chi connectivity index (χ0) is 31.5. The molecule has 6 aliphatic rings. The minimum atomic E-state index is -0.559. The van der Waals surface area contributed by atoms with E-state index >= 15 is 0 Å². The van der Waals surface area contributed by atoms with Crippen LogP contribution in [0.1, 0.15) is 126 Å². The first-order chi connectivity index (χ1) is 19.9. The van der Waals surface area contributed by atoms with E-state index in [1.54, 1.807) is 6.92 Å². The number of hydrogen-bond donors (Lipinski definition) is 1. The van der Waals surface area contributed by atoms with Gasteiger partial charge in [-0.15, -0.1) is 0 Å². The maximum absolute atomic E-state index is 14.6. The first-order valence-electron chi connectivity index (χ1n) is 17.5. The molecule has 240 valence electrons. The van der Waals surface area contributed by atoms with Crippen molar-refractivity contribution >= 4 is 17.3 Å². The van der Waals surface area contributed by atoms with Crippen LogP contribution in [-0.2, 0) is 14.4 Å². The van der Waals surface area contributed by atoms with Gasteiger partial charge in [0, 0.05) is 17.4 Å². The Morgan fingerprint density at radius 1 is 0.930 bits per heavy atom. The van der Waals surface area contributed by atoms with E-state index in [-0.39, 0.29) is 62.6 Å². The monoisotopic (exact) mass is 593 g/mol. The molecular formula is C38H59NO4. The molecule has 5 aliphatic carbocycles. The van der Waals surface area contributed by atoms with E-state index in [1.165, 1.54) is 5.57 Å². The molecule has 0 aromatic heterocycles. The zero-order valence-electron chi connectivity index (χ0n) is 28.6. The molecule has 5 fully saturated rings. The molecule has 0 spiro atoms. The summed E-state index contributed by atoms with van der Waals surface area (Å²) in [6, 6.07) is 0.0103. The number of likely N-dealkylation sites (tertiary alicyclic amines) is 1. The number of ketones is 3. The second kappa shape index (κ2) is 9.84. The number of nitrogens with zero attached hydrogens (tertiary/aromatic N) is 1. The van der Waals surface area contributed by atoms with Crippen molar-refractivity contribution in [2.24, 2.45) is 56.2 Å². The van der Waals surface area contributed by atoms with Crippen LogP contribution in [-0.4, -0.2) is 53.1 Å². The molecule has 4 saturated carbocycles. The third-order valence-electron chi connectivity index (χ3n) is 15.8. The van der Waals surface area contributed by atoms with E-state index in [0.29, 0.717) is 11.7 Å². The maximum Gasteiger partial charge on any atom is 0.159 e. The number of aliphatic hydroxyl groups excluding tert-OH is 1. The van der Waals surface area contributed by atoms with Crippen molar-refractivity contribution in [3.8, 4) is 0 Å². The number of carbonyl (C=O) groups is 3. The van der Waals surface area contributed by atoms with Crippen LogP contribution in [0.25, 0.3) is 0 Å². The van der Waals surface area contributed by atoms with Crippen molar-refractivity contribution in [1.82, 2.24) is 4.90 Å². The van der Waals surface area contributed by atoms with E-state index < -0.39 is 11.3 Å². The number of aliphatic hydroxyl groups is 1. The summed E-state index contributed by atoms with van der Waals surface area (Å²) in [5, 5.41) is 11.0. The lowest BCUT2D eigenvalue weighted by Crippen LogP contribution is -2.66. The molecule has 1 saturated heterocycles. The average molecular weight is 594 g/mol. The second-order valence-electron chi connectivity index (χ2n) is 18.3. The highest BCUT2D eigenvalue weighted by atomic mass is 16.3. The first-order valence-corrected chi connectivity index (χ1v) is 17.5. The van der Waals surface area contributed by atoms with E-state index in [9.17, 15) is 19.5 Å². The van der Waals surface area contributed by atoms with Crippen LogP contribution in [0.2, 0.25) is 0 Å². The van der Waals surface area contributed by atoms with Crippen LogP contribution < -0.4 is 0 Å². The SMILES string of the molecule is CC(=O)C(C(=O)[C@@]1(C)CC[C@]2(C)CC[C@]3(C)C(=CC(=O)C4[C@@]5(C)CC[C@H](O)C(C)(C)C5CC[C@]43C)[C@H]2C1)C1CCCN1C. The second-order valence-corrected chi connectivity index (χ2v) is 18.3. The number of hydrogen-bond acceptors (Lipinski definition) is 5. The predicted octanol–water partition coefficient (Wildman–Crippen LogP) is 7.20. The molecular weight excluding hydrogens is 534 g/mol. The topological polar surface area (TPSA) is 74.7 Å². The number of carbonyl (C=O) groups excluding carboxylic acids is 3. The first kappa shape index (κ1) is 31.6. The molecule has 0 bridgehead atoms. The summed E-state index contributed by atoms with van der Waals surface area (Å²) in [6.07, 6.45) is 12.2. The van der Waals surface area contributed by atoms with Crippen molar-refractivity contribution in [2.75, 3.05) is 13.6 Å². The predicted molar refractivity (Wildman–Crippen MR) is 170 cm³/mol. The highest BCUT2D eigenvalue weighted by Crippen LogP contribution is 2.75. The summed E-state index contributed by atoms with van der Waals surface area (Å²) in [7, 11) is 2.06. The van der Waals surface area contributed by atoms with E-state index in [2.05, 4.69) is 66.5 Å². The van der Waals surface area contributed by atoms with Gasteiger partial charge in [0.2, 0.25) is 0 Å². The van der Waals surface area contributed by atoms with Gasteiger partial charge in [-0.25, -0.2) is 0 Å². The molecule has 4 unspecified atom stereocenters. The van der Waals surface area contributed by atoms with Crippen molar-refractivity contribution in [3.05, 3.63) is 11.6 Å². The van der Waals surface area contributed by atoms with Gasteiger partial charge in [0.05, 0.1) is 12.0 Å². The molecule has 0 radical (unpaired) electrons. The van der Waals surface area contributed by atoms with Crippen molar-refractivity contribution in [1.29, 1.82) is 0 Å². The summed E-state index contributed by atoms with van der Waals surface area (Å²) in [6.45, 7) is 18.8. The van der Waals surface area contributed by atoms with Crippen LogP contribution in [0, 0.1) is 56.2 Å². The molecule has 0 amide bonds. The van der Waals surface area contributed by atoms with E-state index in [1.807, 2.05) is 0 Å². The number of Topliss-reactive ketones (excluding diaryl/α,β-unsaturated/α-hetero) is 2. The summed E-state index contributed by atoms with van der Waals surface area (Å²) >= 11 is 0. The highest BCUT2D eigenvalue weighted by Gasteiger charge is 2.70. The van der Waals surface area contributed by atoms with Crippen molar-refractivity contribution in [3.63, 3.8) is 0 Å². The van der Waals surface area contributed by atoms with Crippen molar-refractivity contribution in [2.45, 2.75) is 138 Å². The molecule has 0 aromatic rings. The Morgan fingerprint density at radius 2 is 1.60 bits per heavy atom. The largest absolute Gasteiger partial charge is 0.393 e. The summed E-state index contributed by atoms with van der Waals surface area (Å²) < 4.78 is 0. The van der Waals surface area contributed by atoms with Gasteiger partial charge in [0.15, 0.2) is 11.6 Å². The summed E-state index contributed by atoms with van der Waals surface area (Å²) in [4.78, 5) is 44.4. The van der Waals surface area contributed by atoms with Gasteiger partial charge in [-0.05, 0) is 136 Å².